The van der Waals surface area contributed by atoms with Crippen molar-refractivity contribution in [2.24, 2.45) is 0 Å². The highest BCUT2D eigenvalue weighted by molar-refractivity contribution is 7.99. The molecular weight excluding hydrogens is 256 g/mol. The predicted octanol–water partition coefficient (Wildman–Crippen LogP) is 3.05. The van der Waals surface area contributed by atoms with Crippen molar-refractivity contribution >= 4 is 22.7 Å². The van der Waals surface area contributed by atoms with Gasteiger partial charge in [-0.2, -0.15) is 5.26 Å². The molecule has 0 bridgehead atoms. The largest absolute Gasteiger partial charge is 0.241 e. The van der Waals surface area contributed by atoms with Crippen molar-refractivity contribution in [1.82, 2.24) is 15.0 Å². The minimum Gasteiger partial charge on any atom is -0.241 e. The van der Waals surface area contributed by atoms with Crippen LogP contribution in [0.5, 0.6) is 0 Å². The zero-order chi connectivity index (χ0) is 13.1. The van der Waals surface area contributed by atoms with Crippen LogP contribution in [0.2, 0.25) is 0 Å². The molecule has 0 aliphatic heterocycles. The van der Waals surface area contributed by atoms with Crippen molar-refractivity contribution in [2.75, 3.05) is 0 Å². The fraction of sp³-hybridized carbons (Fsp3) is 0. The topological polar surface area (TPSA) is 62.5 Å². The molecule has 0 saturated heterocycles. The minimum absolute atomic E-state index is 0.615. The van der Waals surface area contributed by atoms with Crippen molar-refractivity contribution in [2.45, 2.75) is 10.2 Å². The Morgan fingerprint density at radius 1 is 1.05 bits per heavy atom. The summed E-state index contributed by atoms with van der Waals surface area (Å²) in [6.07, 6.45) is 3.36. The Labute approximate surface area is 114 Å². The van der Waals surface area contributed by atoms with E-state index >= 15 is 0 Å². The molecule has 2 heterocycles. The average molecular weight is 264 g/mol. The van der Waals surface area contributed by atoms with Crippen LogP contribution in [-0.4, -0.2) is 15.0 Å². The third-order valence-electron chi connectivity index (χ3n) is 2.55. The summed E-state index contributed by atoms with van der Waals surface area (Å²) in [4.78, 5) is 12.8. The lowest BCUT2D eigenvalue weighted by Gasteiger charge is -2.03. The fourth-order valence-corrected chi connectivity index (χ4v) is 2.46. The summed E-state index contributed by atoms with van der Waals surface area (Å²) in [5, 5.41) is 11.4. The van der Waals surface area contributed by atoms with Crippen LogP contribution in [0.1, 0.15) is 5.56 Å². The van der Waals surface area contributed by atoms with E-state index in [9.17, 15) is 5.26 Å². The molecule has 19 heavy (non-hydrogen) atoms. The van der Waals surface area contributed by atoms with Gasteiger partial charge in [0.15, 0.2) is 5.16 Å². The van der Waals surface area contributed by atoms with E-state index in [1.165, 1.54) is 11.8 Å². The highest BCUT2D eigenvalue weighted by Crippen LogP contribution is 2.26. The second-order valence-electron chi connectivity index (χ2n) is 3.77. The summed E-state index contributed by atoms with van der Waals surface area (Å²) in [5.74, 6) is 0. The number of hydrogen-bond donors (Lipinski definition) is 0. The third kappa shape index (κ3) is 2.39. The van der Waals surface area contributed by atoms with Crippen LogP contribution in [0.15, 0.2) is 59.0 Å². The standard InChI is InChI=1S/C14H8N4S/c15-9-10-8-13(19-14-16-6-3-7-17-14)18-12-5-2-1-4-11(10)12/h1-8H. The number of pyridine rings is 1. The van der Waals surface area contributed by atoms with Gasteiger partial charge in [-0.1, -0.05) is 18.2 Å². The molecule has 0 unspecified atom stereocenters. The quantitative estimate of drug-likeness (QED) is 0.666. The molecule has 0 amide bonds. The summed E-state index contributed by atoms with van der Waals surface area (Å²) < 4.78 is 0. The molecule has 0 aliphatic rings. The molecule has 1 aromatic carbocycles. The fourth-order valence-electron chi connectivity index (χ4n) is 1.73. The van der Waals surface area contributed by atoms with Crippen molar-refractivity contribution in [1.29, 1.82) is 5.26 Å². The van der Waals surface area contributed by atoms with Gasteiger partial charge in [-0.15, -0.1) is 0 Å². The summed E-state index contributed by atoms with van der Waals surface area (Å²) in [7, 11) is 0. The molecule has 3 aromatic rings. The smallest absolute Gasteiger partial charge is 0.193 e. The van der Waals surface area contributed by atoms with Crippen LogP contribution >= 0.6 is 11.8 Å². The van der Waals surface area contributed by atoms with Crippen LogP contribution in [0, 0.1) is 11.3 Å². The van der Waals surface area contributed by atoms with E-state index < -0.39 is 0 Å². The van der Waals surface area contributed by atoms with Crippen LogP contribution in [0.25, 0.3) is 10.9 Å². The van der Waals surface area contributed by atoms with Gasteiger partial charge in [0.1, 0.15) is 5.03 Å². The SMILES string of the molecule is N#Cc1cc(Sc2ncccn2)nc2ccccc12. The minimum atomic E-state index is 0.615. The van der Waals surface area contributed by atoms with E-state index in [4.69, 9.17) is 0 Å². The zero-order valence-corrected chi connectivity index (χ0v) is 10.6. The normalized spacial score (nSPS) is 10.3. The maximum atomic E-state index is 9.21. The lowest BCUT2D eigenvalue weighted by atomic mass is 10.1. The highest BCUT2D eigenvalue weighted by Gasteiger charge is 2.07. The van der Waals surface area contributed by atoms with Crippen molar-refractivity contribution < 1.29 is 0 Å². The summed E-state index contributed by atoms with van der Waals surface area (Å²) in [5.41, 5.74) is 1.42. The van der Waals surface area contributed by atoms with Gasteiger partial charge >= 0.3 is 0 Å². The summed E-state index contributed by atoms with van der Waals surface area (Å²) >= 11 is 1.35. The molecule has 0 N–H and O–H groups in total. The van der Waals surface area contributed by atoms with Gasteiger partial charge in [0.05, 0.1) is 17.1 Å². The molecule has 3 rings (SSSR count). The zero-order valence-electron chi connectivity index (χ0n) is 9.82. The molecule has 90 valence electrons. The van der Waals surface area contributed by atoms with Crippen molar-refractivity contribution in [3.8, 4) is 6.07 Å². The van der Waals surface area contributed by atoms with Crippen LogP contribution in [0.3, 0.4) is 0 Å². The Balaban J connectivity index is 2.08. The van der Waals surface area contributed by atoms with Gasteiger partial charge in [0, 0.05) is 17.8 Å². The van der Waals surface area contributed by atoms with Crippen LogP contribution in [-0.2, 0) is 0 Å². The van der Waals surface area contributed by atoms with Gasteiger partial charge in [0.2, 0.25) is 0 Å². The van der Waals surface area contributed by atoms with Crippen molar-refractivity contribution in [3.63, 3.8) is 0 Å². The van der Waals surface area contributed by atoms with Crippen LogP contribution < -0.4 is 0 Å². The van der Waals surface area contributed by atoms with Gasteiger partial charge in [-0.25, -0.2) is 15.0 Å². The van der Waals surface area contributed by atoms with Gasteiger partial charge in [-0.05, 0) is 30.0 Å². The summed E-state index contributed by atoms with van der Waals surface area (Å²) in [6, 6.07) is 13.3. The Bertz CT molecular complexity index is 765. The first-order chi connectivity index (χ1) is 9.36. The van der Waals surface area contributed by atoms with Gasteiger partial charge in [-0.3, -0.25) is 0 Å². The lowest BCUT2D eigenvalue weighted by molar-refractivity contribution is 0.962. The van der Waals surface area contributed by atoms with Gasteiger partial charge < -0.3 is 0 Å². The van der Waals surface area contributed by atoms with E-state index in [2.05, 4.69) is 21.0 Å². The number of rotatable bonds is 2. The molecule has 0 saturated carbocycles. The molecule has 2 aromatic heterocycles. The molecule has 5 heteroatoms. The maximum absolute atomic E-state index is 9.21. The Morgan fingerprint density at radius 2 is 1.84 bits per heavy atom. The molecule has 4 nitrogen and oxygen atoms in total. The number of nitrogens with zero attached hydrogens (tertiary/aromatic N) is 4. The van der Waals surface area contributed by atoms with E-state index in [-0.39, 0.29) is 0 Å². The number of benzene rings is 1. The Hall–Kier alpha value is -2.45. The Kier molecular flexibility index (Phi) is 3.09. The maximum Gasteiger partial charge on any atom is 0.193 e. The van der Waals surface area contributed by atoms with E-state index in [0.29, 0.717) is 10.7 Å². The lowest BCUT2D eigenvalue weighted by Crippen LogP contribution is -1.89. The molecular formula is C14H8N4S. The van der Waals surface area contributed by atoms with E-state index in [1.54, 1.807) is 24.5 Å². The van der Waals surface area contributed by atoms with Crippen LogP contribution in [0.4, 0.5) is 0 Å². The van der Waals surface area contributed by atoms with E-state index in [0.717, 1.165) is 15.9 Å². The first-order valence-corrected chi connectivity index (χ1v) is 6.43. The first-order valence-electron chi connectivity index (χ1n) is 5.61. The molecule has 0 radical (unpaired) electrons. The second kappa shape index (κ2) is 5.04. The molecule has 0 aliphatic carbocycles. The monoisotopic (exact) mass is 264 g/mol. The molecule has 0 fully saturated rings. The number of para-hydroxylation sites is 1. The highest BCUT2D eigenvalue weighted by atomic mass is 32.2. The van der Waals surface area contributed by atoms with Gasteiger partial charge in [0.25, 0.3) is 0 Å². The Morgan fingerprint density at radius 3 is 2.63 bits per heavy atom. The predicted molar refractivity (Wildman–Crippen MR) is 72.6 cm³/mol. The van der Waals surface area contributed by atoms with Crippen molar-refractivity contribution in [3.05, 3.63) is 54.4 Å². The molecule has 0 atom stereocenters. The third-order valence-corrected chi connectivity index (χ3v) is 3.36. The number of aromatic nitrogens is 3. The first kappa shape index (κ1) is 11.6. The number of fused-ring (bicyclic) bond motifs is 1. The number of nitriles is 1. The molecule has 0 spiro atoms. The van der Waals surface area contributed by atoms with E-state index in [1.807, 2.05) is 24.3 Å². The summed E-state index contributed by atoms with van der Waals surface area (Å²) in [6.45, 7) is 0. The average Bonchev–Trinajstić information content (AvgIpc) is 2.47. The number of hydrogen-bond acceptors (Lipinski definition) is 5. The second-order valence-corrected chi connectivity index (χ2v) is 4.76.